The third kappa shape index (κ3) is 5.68. The number of methoxy groups -OCH3 is 1. The Balaban J connectivity index is 1.72. The molecule has 1 aliphatic heterocycles. The number of halogens is 2. The fraction of sp³-hybridized carbons (Fsp3) is 0.208. The number of nitrogens with one attached hydrogen (secondary N) is 2. The molecule has 0 saturated carbocycles. The van der Waals surface area contributed by atoms with Gasteiger partial charge >= 0.3 is 0 Å². The third-order valence-electron chi connectivity index (χ3n) is 5.71. The number of nitrogens with zero attached hydrogens (tertiary/aromatic N) is 1. The Morgan fingerprint density at radius 3 is 2.28 bits per heavy atom. The molecule has 4 rings (SSSR count). The van der Waals surface area contributed by atoms with Gasteiger partial charge in [0.25, 0.3) is 0 Å². The summed E-state index contributed by atoms with van der Waals surface area (Å²) in [6.07, 6.45) is 1.32. The predicted octanol–water partition coefficient (Wildman–Crippen LogP) is 4.52. The summed E-state index contributed by atoms with van der Waals surface area (Å²) in [6, 6.07) is 16.4. The normalized spacial score (nSPS) is 16.8. The van der Waals surface area contributed by atoms with Gasteiger partial charge in [0.1, 0.15) is 10.6 Å². The van der Waals surface area contributed by atoms with Crippen molar-refractivity contribution in [2.75, 3.05) is 13.4 Å². The van der Waals surface area contributed by atoms with Crippen LogP contribution >= 0.6 is 23.2 Å². The average molecular weight is 569 g/mol. The summed E-state index contributed by atoms with van der Waals surface area (Å²) in [5, 5.41) is 5.05. The number of hydrogen-bond donors (Lipinski definition) is 2. The van der Waals surface area contributed by atoms with Crippen LogP contribution < -0.4 is 14.9 Å². The Morgan fingerprint density at radius 2 is 1.67 bits per heavy atom. The Hall–Kier alpha value is -2.63. The van der Waals surface area contributed by atoms with Gasteiger partial charge in [0, 0.05) is 22.7 Å². The molecule has 0 radical (unpaired) electrons. The number of benzene rings is 3. The first-order valence-corrected chi connectivity index (χ1v) is 14.8. The molecule has 1 heterocycles. The summed E-state index contributed by atoms with van der Waals surface area (Å²) in [6.45, 7) is 0. The van der Waals surface area contributed by atoms with Crippen LogP contribution in [0.1, 0.15) is 29.6 Å². The lowest BCUT2D eigenvalue weighted by molar-refractivity contribution is 0.414. The highest BCUT2D eigenvalue weighted by Crippen LogP contribution is 2.34. The van der Waals surface area contributed by atoms with E-state index in [4.69, 9.17) is 27.9 Å². The summed E-state index contributed by atoms with van der Waals surface area (Å²) < 4.78 is 59.4. The molecule has 12 heteroatoms. The van der Waals surface area contributed by atoms with E-state index in [0.29, 0.717) is 28.5 Å². The van der Waals surface area contributed by atoms with E-state index in [1.54, 1.807) is 19.2 Å². The molecule has 2 atom stereocenters. The van der Waals surface area contributed by atoms with E-state index in [1.165, 1.54) is 30.3 Å². The highest BCUT2D eigenvalue weighted by molar-refractivity contribution is 7.93. The lowest BCUT2D eigenvalue weighted by Gasteiger charge is -2.21. The zero-order chi connectivity index (χ0) is 26.1. The Morgan fingerprint density at radius 1 is 1.00 bits per heavy atom. The Bertz CT molecular complexity index is 1530. The van der Waals surface area contributed by atoms with Gasteiger partial charge in [-0.1, -0.05) is 53.5 Å². The minimum absolute atomic E-state index is 0.215. The molecule has 190 valence electrons. The van der Waals surface area contributed by atoms with Crippen molar-refractivity contribution in [3.63, 3.8) is 0 Å². The molecule has 0 fully saturated rings. The van der Waals surface area contributed by atoms with Gasteiger partial charge < -0.3 is 10.2 Å². The largest absolute Gasteiger partial charge is 0.497 e. The fourth-order valence-corrected chi connectivity index (χ4v) is 7.27. The van der Waals surface area contributed by atoms with E-state index in [2.05, 4.69) is 15.2 Å². The van der Waals surface area contributed by atoms with Gasteiger partial charge in [0.15, 0.2) is 9.84 Å². The van der Waals surface area contributed by atoms with Crippen molar-refractivity contribution >= 4 is 48.8 Å². The van der Waals surface area contributed by atoms with Crippen LogP contribution in [0.25, 0.3) is 0 Å². The van der Waals surface area contributed by atoms with Crippen molar-refractivity contribution in [2.45, 2.75) is 28.3 Å². The smallest absolute Gasteiger partial charge is 0.242 e. The second-order valence-electron chi connectivity index (χ2n) is 8.20. The molecule has 0 saturated heterocycles. The topological polar surface area (TPSA) is 114 Å². The van der Waals surface area contributed by atoms with Gasteiger partial charge in [0.2, 0.25) is 10.0 Å². The monoisotopic (exact) mass is 567 g/mol. The molecule has 3 aromatic rings. The second kappa shape index (κ2) is 10.4. The van der Waals surface area contributed by atoms with E-state index >= 15 is 0 Å². The van der Waals surface area contributed by atoms with Crippen molar-refractivity contribution < 1.29 is 21.6 Å². The molecule has 0 amide bonds. The molecule has 0 aliphatic carbocycles. The molecule has 8 nitrogen and oxygen atoms in total. The SMILES string of the molecule is COc1ccc(C2CC(C(NS(=O)(=O)c3ccccc3S(C)(=O)=O)c3ccc(Cl)cc3Cl)=NN2)cc1. The lowest BCUT2D eigenvalue weighted by Crippen LogP contribution is -2.34. The molecule has 2 N–H and O–H groups in total. The molecule has 0 bridgehead atoms. The zero-order valence-corrected chi connectivity index (χ0v) is 22.4. The molecule has 1 aliphatic rings. The minimum atomic E-state index is -4.32. The van der Waals surface area contributed by atoms with Crippen LogP contribution in [0.5, 0.6) is 5.75 Å². The van der Waals surface area contributed by atoms with Crippen LogP contribution in [0.4, 0.5) is 0 Å². The average Bonchev–Trinajstić information content (AvgIpc) is 3.33. The maximum absolute atomic E-state index is 13.5. The highest BCUT2D eigenvalue weighted by Gasteiger charge is 2.34. The van der Waals surface area contributed by atoms with Crippen molar-refractivity contribution in [1.82, 2.24) is 10.1 Å². The van der Waals surface area contributed by atoms with E-state index in [-0.39, 0.29) is 20.9 Å². The van der Waals surface area contributed by atoms with Crippen molar-refractivity contribution in [2.24, 2.45) is 5.10 Å². The van der Waals surface area contributed by atoms with Crippen molar-refractivity contribution in [3.05, 3.63) is 87.9 Å². The van der Waals surface area contributed by atoms with Crippen LogP contribution in [-0.4, -0.2) is 35.9 Å². The van der Waals surface area contributed by atoms with Gasteiger partial charge in [0.05, 0.1) is 29.8 Å². The van der Waals surface area contributed by atoms with Crippen LogP contribution in [-0.2, 0) is 19.9 Å². The second-order valence-corrected chi connectivity index (χ2v) is 12.7. The van der Waals surface area contributed by atoms with Crippen LogP contribution in [0.15, 0.2) is 81.6 Å². The quantitative estimate of drug-likeness (QED) is 0.413. The van der Waals surface area contributed by atoms with Gasteiger partial charge in [-0.25, -0.2) is 16.8 Å². The number of sulfonamides is 1. The number of ether oxygens (including phenoxy) is 1. The summed E-state index contributed by atoms with van der Waals surface area (Å²) in [5.41, 5.74) is 4.88. The number of rotatable bonds is 8. The number of sulfone groups is 1. The first-order chi connectivity index (χ1) is 17.0. The maximum Gasteiger partial charge on any atom is 0.242 e. The van der Waals surface area contributed by atoms with Gasteiger partial charge in [-0.15, -0.1) is 0 Å². The van der Waals surface area contributed by atoms with Crippen LogP contribution in [0.2, 0.25) is 10.0 Å². The first kappa shape index (κ1) is 26.4. The van der Waals surface area contributed by atoms with E-state index < -0.39 is 25.9 Å². The Labute approximate surface area is 220 Å². The molecule has 3 aromatic carbocycles. The van der Waals surface area contributed by atoms with E-state index in [0.717, 1.165) is 11.8 Å². The van der Waals surface area contributed by atoms with Gasteiger partial charge in [-0.05, 0) is 47.5 Å². The van der Waals surface area contributed by atoms with Crippen LogP contribution in [0.3, 0.4) is 0 Å². The number of hydrogen-bond acceptors (Lipinski definition) is 7. The van der Waals surface area contributed by atoms with Crippen LogP contribution in [0, 0.1) is 0 Å². The van der Waals surface area contributed by atoms with E-state index in [1.807, 2.05) is 24.3 Å². The summed E-state index contributed by atoms with van der Waals surface area (Å²) in [7, 11) is -6.56. The first-order valence-electron chi connectivity index (χ1n) is 10.7. The molecular formula is C24H23Cl2N3O5S2. The molecule has 2 unspecified atom stereocenters. The summed E-state index contributed by atoms with van der Waals surface area (Å²) in [5.74, 6) is 0.709. The third-order valence-corrected chi connectivity index (χ3v) is 9.04. The predicted molar refractivity (Wildman–Crippen MR) is 140 cm³/mol. The molecular weight excluding hydrogens is 545 g/mol. The molecule has 0 aromatic heterocycles. The van der Waals surface area contributed by atoms with Crippen molar-refractivity contribution in [1.29, 1.82) is 0 Å². The lowest BCUT2D eigenvalue weighted by atomic mass is 9.96. The number of hydrazone groups is 1. The highest BCUT2D eigenvalue weighted by atomic mass is 35.5. The summed E-state index contributed by atoms with van der Waals surface area (Å²) >= 11 is 12.5. The Kier molecular flexibility index (Phi) is 7.63. The van der Waals surface area contributed by atoms with E-state index in [9.17, 15) is 16.8 Å². The maximum atomic E-state index is 13.5. The molecule has 36 heavy (non-hydrogen) atoms. The van der Waals surface area contributed by atoms with Gasteiger partial charge in [-0.2, -0.15) is 9.82 Å². The van der Waals surface area contributed by atoms with Crippen molar-refractivity contribution in [3.8, 4) is 5.75 Å². The summed E-state index contributed by atoms with van der Waals surface area (Å²) in [4.78, 5) is -0.665. The fourth-order valence-electron chi connectivity index (χ4n) is 3.92. The zero-order valence-electron chi connectivity index (χ0n) is 19.3. The van der Waals surface area contributed by atoms with Gasteiger partial charge in [-0.3, -0.25) is 0 Å². The standard InChI is InChI=1S/C24H23Cl2N3O5S2/c1-34-17-10-7-15(8-11-17)20-14-21(28-27-20)24(18-12-9-16(25)13-19(18)26)29-36(32,33)23-6-4-3-5-22(23)35(2,30)31/h3-13,20,24,27,29H,14H2,1-2H3. The molecule has 0 spiro atoms. The minimum Gasteiger partial charge on any atom is -0.497 e.